The third kappa shape index (κ3) is 5.85. The zero-order chi connectivity index (χ0) is 15.9. The number of nitrogens with one attached hydrogen (secondary N) is 2. The minimum absolute atomic E-state index is 0.183. The molecule has 2 fully saturated rings. The fourth-order valence-corrected chi connectivity index (χ4v) is 3.21. The van der Waals surface area contributed by atoms with E-state index in [1.165, 1.54) is 6.42 Å². The number of aliphatic imine (C=N–C) groups is 1. The smallest absolute Gasteiger partial charge is 0.220 e. The zero-order valence-corrected chi connectivity index (χ0v) is 14.4. The maximum absolute atomic E-state index is 11.7. The van der Waals surface area contributed by atoms with E-state index in [1.807, 2.05) is 0 Å². The van der Waals surface area contributed by atoms with Gasteiger partial charge in [-0.05, 0) is 44.4 Å². The molecule has 2 atom stereocenters. The summed E-state index contributed by atoms with van der Waals surface area (Å²) in [6.07, 6.45) is 5.02. The minimum Gasteiger partial charge on any atom is -0.357 e. The molecule has 5 nitrogen and oxygen atoms in total. The molecule has 2 aliphatic rings. The van der Waals surface area contributed by atoms with Crippen molar-refractivity contribution in [2.75, 3.05) is 26.2 Å². The summed E-state index contributed by atoms with van der Waals surface area (Å²) >= 11 is 0. The average molecular weight is 308 g/mol. The SMILES string of the molecule is CCNC(=NCCCC(=O)NC1CC1)N1CC(C)CC(C)C1. The van der Waals surface area contributed by atoms with Crippen LogP contribution in [0.15, 0.2) is 4.99 Å². The molecule has 0 radical (unpaired) electrons. The number of rotatable bonds is 6. The number of amides is 1. The first-order valence-electron chi connectivity index (χ1n) is 8.91. The molecule has 0 aromatic rings. The Kier molecular flexibility index (Phi) is 6.52. The maximum Gasteiger partial charge on any atom is 0.220 e. The van der Waals surface area contributed by atoms with Crippen LogP contribution in [0.5, 0.6) is 0 Å². The minimum atomic E-state index is 0.183. The van der Waals surface area contributed by atoms with Gasteiger partial charge >= 0.3 is 0 Å². The molecule has 5 heteroatoms. The summed E-state index contributed by atoms with van der Waals surface area (Å²) in [5.41, 5.74) is 0. The van der Waals surface area contributed by atoms with Crippen molar-refractivity contribution in [1.29, 1.82) is 0 Å². The second-order valence-corrected chi connectivity index (χ2v) is 7.03. The van der Waals surface area contributed by atoms with E-state index >= 15 is 0 Å². The van der Waals surface area contributed by atoms with Crippen molar-refractivity contribution < 1.29 is 4.79 Å². The molecule has 0 spiro atoms. The van der Waals surface area contributed by atoms with E-state index in [0.717, 1.165) is 63.2 Å². The van der Waals surface area contributed by atoms with Crippen molar-refractivity contribution in [3.63, 3.8) is 0 Å². The van der Waals surface area contributed by atoms with Gasteiger partial charge in [0.25, 0.3) is 0 Å². The molecule has 1 amide bonds. The molecule has 0 aromatic carbocycles. The van der Waals surface area contributed by atoms with Crippen molar-refractivity contribution >= 4 is 11.9 Å². The van der Waals surface area contributed by atoms with Crippen LogP contribution in [0.3, 0.4) is 0 Å². The van der Waals surface area contributed by atoms with Gasteiger partial charge in [-0.25, -0.2) is 0 Å². The van der Waals surface area contributed by atoms with Crippen molar-refractivity contribution in [2.45, 2.75) is 58.9 Å². The Morgan fingerprint density at radius 2 is 1.91 bits per heavy atom. The number of carbonyl (C=O) groups excluding carboxylic acids is 1. The molecule has 126 valence electrons. The molecule has 1 heterocycles. The van der Waals surface area contributed by atoms with Gasteiger partial charge in [0, 0.05) is 38.6 Å². The third-order valence-corrected chi connectivity index (χ3v) is 4.27. The molecule has 2 unspecified atom stereocenters. The highest BCUT2D eigenvalue weighted by Gasteiger charge is 2.24. The third-order valence-electron chi connectivity index (χ3n) is 4.27. The Hall–Kier alpha value is -1.26. The van der Waals surface area contributed by atoms with E-state index in [9.17, 15) is 4.79 Å². The van der Waals surface area contributed by atoms with E-state index in [1.54, 1.807) is 0 Å². The number of hydrogen-bond donors (Lipinski definition) is 2. The molecule has 1 saturated carbocycles. The van der Waals surface area contributed by atoms with Crippen LogP contribution in [-0.2, 0) is 4.79 Å². The predicted molar refractivity (Wildman–Crippen MR) is 90.9 cm³/mol. The standard InChI is InChI=1S/C17H32N4O/c1-4-18-17(21-11-13(2)10-14(3)12-21)19-9-5-6-16(22)20-15-7-8-15/h13-15H,4-12H2,1-3H3,(H,18,19)(H,20,22). The number of likely N-dealkylation sites (tertiary alicyclic amines) is 1. The van der Waals surface area contributed by atoms with Gasteiger partial charge in [0.15, 0.2) is 5.96 Å². The van der Waals surface area contributed by atoms with E-state index in [-0.39, 0.29) is 5.91 Å². The Morgan fingerprint density at radius 1 is 1.23 bits per heavy atom. The molecular formula is C17H32N4O. The topological polar surface area (TPSA) is 56.7 Å². The highest BCUT2D eigenvalue weighted by molar-refractivity contribution is 5.80. The van der Waals surface area contributed by atoms with Gasteiger partial charge in [0.2, 0.25) is 5.91 Å². The number of guanidine groups is 1. The lowest BCUT2D eigenvalue weighted by atomic mass is 9.92. The van der Waals surface area contributed by atoms with Crippen molar-refractivity contribution in [1.82, 2.24) is 15.5 Å². The molecule has 1 aliphatic carbocycles. The maximum atomic E-state index is 11.7. The molecule has 1 aliphatic heterocycles. The van der Waals surface area contributed by atoms with Gasteiger partial charge in [0.05, 0.1) is 0 Å². The Morgan fingerprint density at radius 3 is 2.50 bits per heavy atom. The Bertz CT molecular complexity index is 382. The quantitative estimate of drug-likeness (QED) is 0.448. The van der Waals surface area contributed by atoms with Crippen molar-refractivity contribution in [3.8, 4) is 0 Å². The normalized spacial score (nSPS) is 26.0. The van der Waals surface area contributed by atoms with E-state index < -0.39 is 0 Å². The van der Waals surface area contributed by atoms with Crippen molar-refractivity contribution in [3.05, 3.63) is 0 Å². The summed E-state index contributed by atoms with van der Waals surface area (Å²) in [6, 6.07) is 0.463. The highest BCUT2D eigenvalue weighted by atomic mass is 16.1. The van der Waals surface area contributed by atoms with E-state index in [4.69, 9.17) is 4.99 Å². The summed E-state index contributed by atoms with van der Waals surface area (Å²) in [7, 11) is 0. The van der Waals surface area contributed by atoms with Crippen LogP contribution in [0, 0.1) is 11.8 Å². The molecule has 0 aromatic heterocycles. The number of carbonyl (C=O) groups is 1. The summed E-state index contributed by atoms with van der Waals surface area (Å²) in [4.78, 5) is 18.8. The highest BCUT2D eigenvalue weighted by Crippen LogP contribution is 2.21. The van der Waals surface area contributed by atoms with Crippen LogP contribution in [0.2, 0.25) is 0 Å². The number of nitrogens with zero attached hydrogens (tertiary/aromatic N) is 2. The lowest BCUT2D eigenvalue weighted by molar-refractivity contribution is -0.121. The van der Waals surface area contributed by atoms with Gasteiger partial charge in [-0.2, -0.15) is 0 Å². The number of hydrogen-bond acceptors (Lipinski definition) is 2. The van der Waals surface area contributed by atoms with Gasteiger partial charge in [-0.1, -0.05) is 13.8 Å². The van der Waals surface area contributed by atoms with Crippen LogP contribution in [0.4, 0.5) is 0 Å². The van der Waals surface area contributed by atoms with Crippen LogP contribution in [0.1, 0.15) is 52.9 Å². The largest absolute Gasteiger partial charge is 0.357 e. The van der Waals surface area contributed by atoms with E-state index in [2.05, 4.69) is 36.3 Å². The summed E-state index contributed by atoms with van der Waals surface area (Å²) < 4.78 is 0. The van der Waals surface area contributed by atoms with E-state index in [0.29, 0.717) is 12.5 Å². The lowest BCUT2D eigenvalue weighted by Gasteiger charge is -2.37. The van der Waals surface area contributed by atoms with Crippen molar-refractivity contribution in [2.24, 2.45) is 16.8 Å². The lowest BCUT2D eigenvalue weighted by Crippen LogP contribution is -2.48. The molecule has 2 rings (SSSR count). The van der Waals surface area contributed by atoms with Gasteiger partial charge in [-0.3, -0.25) is 9.79 Å². The fraction of sp³-hybridized carbons (Fsp3) is 0.882. The summed E-state index contributed by atoms with van der Waals surface area (Å²) in [5.74, 6) is 2.64. The summed E-state index contributed by atoms with van der Waals surface area (Å²) in [6.45, 7) is 10.5. The first-order valence-corrected chi connectivity index (χ1v) is 8.91. The van der Waals surface area contributed by atoms with Gasteiger partial charge < -0.3 is 15.5 Å². The molecule has 22 heavy (non-hydrogen) atoms. The predicted octanol–water partition coefficient (Wildman–Crippen LogP) is 1.99. The molecule has 1 saturated heterocycles. The van der Waals surface area contributed by atoms with Crippen LogP contribution in [-0.4, -0.2) is 49.0 Å². The van der Waals surface area contributed by atoms with Crippen LogP contribution in [0.25, 0.3) is 0 Å². The molecule has 0 bridgehead atoms. The Labute approximate surface area is 134 Å². The monoisotopic (exact) mass is 308 g/mol. The fourth-order valence-electron chi connectivity index (χ4n) is 3.21. The van der Waals surface area contributed by atoms with Crippen LogP contribution < -0.4 is 10.6 Å². The molecule has 2 N–H and O–H groups in total. The van der Waals surface area contributed by atoms with Crippen LogP contribution >= 0.6 is 0 Å². The van der Waals surface area contributed by atoms with Gasteiger partial charge in [-0.15, -0.1) is 0 Å². The first kappa shape index (κ1) is 17.1. The molecular weight excluding hydrogens is 276 g/mol. The Balaban J connectivity index is 1.77. The summed E-state index contributed by atoms with van der Waals surface area (Å²) in [5, 5.41) is 6.43. The van der Waals surface area contributed by atoms with Gasteiger partial charge in [0.1, 0.15) is 0 Å². The second-order valence-electron chi connectivity index (χ2n) is 7.03. The zero-order valence-electron chi connectivity index (χ0n) is 14.4. The number of piperidine rings is 1. The second kappa shape index (κ2) is 8.39. The average Bonchev–Trinajstić information content (AvgIpc) is 3.25. The first-order chi connectivity index (χ1) is 10.6.